The zero-order valence-corrected chi connectivity index (χ0v) is 10.6. The van der Waals surface area contributed by atoms with Gasteiger partial charge in [0, 0.05) is 20.7 Å². The SMILES string of the molecule is COC(C)CN(C)C(=O)[C@H](N)c1ccccc1. The number of hydrogen-bond acceptors (Lipinski definition) is 3. The molecule has 0 aliphatic heterocycles. The third-order valence-corrected chi connectivity index (χ3v) is 2.73. The molecule has 4 nitrogen and oxygen atoms in total. The van der Waals surface area contributed by atoms with E-state index >= 15 is 0 Å². The molecule has 2 atom stereocenters. The smallest absolute Gasteiger partial charge is 0.243 e. The van der Waals surface area contributed by atoms with E-state index in [1.54, 1.807) is 19.1 Å². The van der Waals surface area contributed by atoms with Crippen molar-refractivity contribution < 1.29 is 9.53 Å². The predicted octanol–water partition coefficient (Wildman–Crippen LogP) is 1.18. The molecule has 1 unspecified atom stereocenters. The number of nitrogens with zero attached hydrogens (tertiary/aromatic N) is 1. The number of ether oxygens (including phenoxy) is 1. The third-order valence-electron chi connectivity index (χ3n) is 2.73. The number of rotatable bonds is 5. The minimum absolute atomic E-state index is 0.00641. The molecule has 0 heterocycles. The zero-order chi connectivity index (χ0) is 12.8. The average molecular weight is 236 g/mol. The Labute approximate surface area is 102 Å². The predicted molar refractivity (Wildman–Crippen MR) is 67.5 cm³/mol. The van der Waals surface area contributed by atoms with E-state index in [9.17, 15) is 4.79 Å². The lowest BCUT2D eigenvalue weighted by molar-refractivity contribution is -0.132. The number of likely N-dealkylation sites (N-methyl/N-ethyl adjacent to an activating group) is 1. The van der Waals surface area contributed by atoms with Crippen molar-refractivity contribution in [2.45, 2.75) is 19.1 Å². The molecule has 1 rings (SSSR count). The summed E-state index contributed by atoms with van der Waals surface area (Å²) in [6.45, 7) is 2.45. The molecule has 0 saturated heterocycles. The van der Waals surface area contributed by atoms with Crippen LogP contribution in [0.25, 0.3) is 0 Å². The summed E-state index contributed by atoms with van der Waals surface area (Å²) in [7, 11) is 3.36. The molecule has 0 fully saturated rings. The topological polar surface area (TPSA) is 55.6 Å². The summed E-state index contributed by atoms with van der Waals surface area (Å²) in [6, 6.07) is 8.76. The monoisotopic (exact) mass is 236 g/mol. The maximum absolute atomic E-state index is 12.0. The number of nitrogens with two attached hydrogens (primary N) is 1. The first kappa shape index (κ1) is 13.7. The standard InChI is InChI=1S/C13H20N2O2/c1-10(17-3)9-15(2)13(16)12(14)11-7-5-4-6-8-11/h4-8,10,12H,9,14H2,1-3H3/t10?,12-/m1/s1. The number of carbonyl (C=O) groups is 1. The van der Waals surface area contributed by atoms with Gasteiger partial charge in [-0.15, -0.1) is 0 Å². The molecule has 0 aromatic heterocycles. The lowest BCUT2D eigenvalue weighted by Crippen LogP contribution is -2.39. The van der Waals surface area contributed by atoms with Gasteiger partial charge in [-0.2, -0.15) is 0 Å². The molecule has 1 aromatic carbocycles. The molecule has 17 heavy (non-hydrogen) atoms. The minimum Gasteiger partial charge on any atom is -0.380 e. The Balaban J connectivity index is 2.64. The van der Waals surface area contributed by atoms with E-state index in [-0.39, 0.29) is 12.0 Å². The number of methoxy groups -OCH3 is 1. The Bertz CT molecular complexity index is 354. The average Bonchev–Trinajstić information content (AvgIpc) is 2.37. The van der Waals surface area contributed by atoms with Gasteiger partial charge < -0.3 is 15.4 Å². The highest BCUT2D eigenvalue weighted by atomic mass is 16.5. The molecule has 94 valence electrons. The molecule has 1 aromatic rings. The maximum atomic E-state index is 12.0. The number of benzene rings is 1. The molecule has 4 heteroatoms. The van der Waals surface area contributed by atoms with Crippen LogP contribution < -0.4 is 5.73 Å². The van der Waals surface area contributed by atoms with Gasteiger partial charge in [0.05, 0.1) is 6.10 Å². The van der Waals surface area contributed by atoms with Crippen molar-refractivity contribution in [2.24, 2.45) is 5.73 Å². The van der Waals surface area contributed by atoms with Crippen LogP contribution in [0.3, 0.4) is 0 Å². The molecule has 1 amide bonds. The number of hydrogen-bond donors (Lipinski definition) is 1. The molecule has 0 aliphatic rings. The summed E-state index contributed by atoms with van der Waals surface area (Å²) in [5.41, 5.74) is 6.75. The largest absolute Gasteiger partial charge is 0.380 e. The van der Waals surface area contributed by atoms with E-state index in [1.165, 1.54) is 0 Å². The Morgan fingerprint density at radius 3 is 2.53 bits per heavy atom. The zero-order valence-electron chi connectivity index (χ0n) is 10.6. The van der Waals surface area contributed by atoms with Gasteiger partial charge in [-0.1, -0.05) is 30.3 Å². The van der Waals surface area contributed by atoms with Crippen LogP contribution in [0, 0.1) is 0 Å². The van der Waals surface area contributed by atoms with Crippen molar-refractivity contribution in [3.05, 3.63) is 35.9 Å². The minimum atomic E-state index is -0.606. The summed E-state index contributed by atoms with van der Waals surface area (Å²) >= 11 is 0. The first-order valence-corrected chi connectivity index (χ1v) is 5.64. The molecule has 0 bridgehead atoms. The molecular formula is C13H20N2O2. The van der Waals surface area contributed by atoms with Crippen LogP contribution in [0.2, 0.25) is 0 Å². The van der Waals surface area contributed by atoms with Crippen LogP contribution in [0.15, 0.2) is 30.3 Å². The Morgan fingerprint density at radius 2 is 2.00 bits per heavy atom. The van der Waals surface area contributed by atoms with Gasteiger partial charge in [0.2, 0.25) is 5.91 Å². The third kappa shape index (κ3) is 3.84. The van der Waals surface area contributed by atoms with Gasteiger partial charge in [0.15, 0.2) is 0 Å². The summed E-state index contributed by atoms with van der Waals surface area (Å²) in [5, 5.41) is 0. The Hall–Kier alpha value is -1.39. The fraction of sp³-hybridized carbons (Fsp3) is 0.462. The van der Waals surface area contributed by atoms with Crippen LogP contribution in [0.4, 0.5) is 0 Å². The normalized spacial score (nSPS) is 14.1. The van der Waals surface area contributed by atoms with E-state index in [4.69, 9.17) is 10.5 Å². The fourth-order valence-corrected chi connectivity index (χ4v) is 1.59. The van der Waals surface area contributed by atoms with Gasteiger partial charge in [0.25, 0.3) is 0 Å². The first-order valence-electron chi connectivity index (χ1n) is 5.64. The van der Waals surface area contributed by atoms with E-state index in [1.807, 2.05) is 37.3 Å². The molecule has 0 spiro atoms. The summed E-state index contributed by atoms with van der Waals surface area (Å²) in [6.07, 6.45) is 0.00641. The number of carbonyl (C=O) groups excluding carboxylic acids is 1. The van der Waals surface area contributed by atoms with E-state index in [0.717, 1.165) is 5.56 Å². The van der Waals surface area contributed by atoms with Crippen molar-refractivity contribution >= 4 is 5.91 Å². The van der Waals surface area contributed by atoms with Crippen LogP contribution in [-0.4, -0.2) is 37.6 Å². The lowest BCUT2D eigenvalue weighted by Gasteiger charge is -2.24. The lowest BCUT2D eigenvalue weighted by atomic mass is 10.1. The van der Waals surface area contributed by atoms with Crippen LogP contribution in [0.1, 0.15) is 18.5 Å². The van der Waals surface area contributed by atoms with E-state index in [0.29, 0.717) is 6.54 Å². The molecule has 2 N–H and O–H groups in total. The second-order valence-corrected chi connectivity index (χ2v) is 4.15. The quantitative estimate of drug-likeness (QED) is 0.835. The maximum Gasteiger partial charge on any atom is 0.243 e. The first-order chi connectivity index (χ1) is 8.06. The summed E-state index contributed by atoms with van der Waals surface area (Å²) < 4.78 is 5.12. The van der Waals surface area contributed by atoms with Crippen LogP contribution in [0.5, 0.6) is 0 Å². The Kier molecular flexibility index (Phi) is 5.12. The van der Waals surface area contributed by atoms with Crippen molar-refractivity contribution in [1.82, 2.24) is 4.90 Å². The van der Waals surface area contributed by atoms with Crippen molar-refractivity contribution in [3.8, 4) is 0 Å². The molecular weight excluding hydrogens is 216 g/mol. The van der Waals surface area contributed by atoms with Crippen LogP contribution >= 0.6 is 0 Å². The van der Waals surface area contributed by atoms with Gasteiger partial charge in [-0.05, 0) is 12.5 Å². The second kappa shape index (κ2) is 6.37. The number of amides is 1. The molecule has 0 radical (unpaired) electrons. The summed E-state index contributed by atoms with van der Waals surface area (Å²) in [5.74, 6) is -0.0971. The van der Waals surface area contributed by atoms with Crippen LogP contribution in [-0.2, 0) is 9.53 Å². The van der Waals surface area contributed by atoms with Gasteiger partial charge >= 0.3 is 0 Å². The highest BCUT2D eigenvalue weighted by Gasteiger charge is 2.20. The highest BCUT2D eigenvalue weighted by molar-refractivity contribution is 5.82. The second-order valence-electron chi connectivity index (χ2n) is 4.15. The summed E-state index contributed by atoms with van der Waals surface area (Å²) in [4.78, 5) is 13.6. The van der Waals surface area contributed by atoms with Crippen molar-refractivity contribution in [2.75, 3.05) is 20.7 Å². The van der Waals surface area contributed by atoms with Gasteiger partial charge in [0.1, 0.15) is 6.04 Å². The molecule has 0 saturated carbocycles. The van der Waals surface area contributed by atoms with E-state index < -0.39 is 6.04 Å². The highest BCUT2D eigenvalue weighted by Crippen LogP contribution is 2.12. The molecule has 0 aliphatic carbocycles. The van der Waals surface area contributed by atoms with Gasteiger partial charge in [-0.25, -0.2) is 0 Å². The van der Waals surface area contributed by atoms with Crippen molar-refractivity contribution in [1.29, 1.82) is 0 Å². The van der Waals surface area contributed by atoms with Gasteiger partial charge in [-0.3, -0.25) is 4.79 Å². The fourth-order valence-electron chi connectivity index (χ4n) is 1.59. The Morgan fingerprint density at radius 1 is 1.41 bits per heavy atom. The van der Waals surface area contributed by atoms with E-state index in [2.05, 4.69) is 0 Å². The van der Waals surface area contributed by atoms with Crippen molar-refractivity contribution in [3.63, 3.8) is 0 Å².